The Labute approximate surface area is 76.0 Å². The van der Waals surface area contributed by atoms with Crippen LogP contribution in [0.4, 0.5) is 4.39 Å². The first kappa shape index (κ1) is 10.4. The second kappa shape index (κ2) is 4.02. The first-order chi connectivity index (χ1) is 6.10. The number of hydrogen-bond donors (Lipinski definition) is 0. The number of carbonyl (C=O) groups excluding carboxylic acids is 1. The van der Waals surface area contributed by atoms with Gasteiger partial charge in [-0.15, -0.1) is 0 Å². The van der Waals surface area contributed by atoms with E-state index in [4.69, 9.17) is 9.47 Å². The van der Waals surface area contributed by atoms with E-state index in [-0.39, 0.29) is 6.61 Å². The van der Waals surface area contributed by atoms with Crippen LogP contribution in [-0.4, -0.2) is 37.7 Å². The Kier molecular flexibility index (Phi) is 3.22. The minimum atomic E-state index is -1.88. The van der Waals surface area contributed by atoms with Crippen LogP contribution in [-0.2, 0) is 19.0 Å². The summed E-state index contributed by atoms with van der Waals surface area (Å²) in [6, 6.07) is 0. The van der Waals surface area contributed by atoms with Gasteiger partial charge in [-0.1, -0.05) is 0 Å². The zero-order valence-corrected chi connectivity index (χ0v) is 7.71. The lowest BCUT2D eigenvalue weighted by molar-refractivity contribution is -0.203. The highest BCUT2D eigenvalue weighted by Gasteiger charge is 2.45. The van der Waals surface area contributed by atoms with Crippen LogP contribution >= 0.6 is 0 Å². The molecule has 0 aromatic heterocycles. The van der Waals surface area contributed by atoms with E-state index in [0.29, 0.717) is 13.2 Å². The Morgan fingerprint density at radius 3 is 2.62 bits per heavy atom. The van der Waals surface area contributed by atoms with Gasteiger partial charge in [-0.2, -0.15) is 0 Å². The summed E-state index contributed by atoms with van der Waals surface area (Å²) < 4.78 is 27.8. The molecule has 0 amide bonds. The Hall–Kier alpha value is -0.680. The number of alkyl halides is 1. The Balaban J connectivity index is 2.54. The molecule has 5 heteroatoms. The molecule has 1 aliphatic rings. The average molecular weight is 192 g/mol. The van der Waals surface area contributed by atoms with Gasteiger partial charge in [0.05, 0.1) is 19.8 Å². The van der Waals surface area contributed by atoms with Gasteiger partial charge in [0.15, 0.2) is 0 Å². The highest BCUT2D eigenvalue weighted by Crippen LogP contribution is 2.25. The topological polar surface area (TPSA) is 44.8 Å². The van der Waals surface area contributed by atoms with Gasteiger partial charge in [0.2, 0.25) is 12.0 Å². The lowest BCUT2D eigenvalue weighted by Gasteiger charge is -2.24. The average Bonchev–Trinajstić information content (AvgIpc) is 2.52. The zero-order valence-electron chi connectivity index (χ0n) is 7.71. The van der Waals surface area contributed by atoms with E-state index in [1.165, 1.54) is 6.92 Å². The maximum Gasteiger partial charge on any atom is 0.346 e. The second-order valence-electron chi connectivity index (χ2n) is 2.83. The molecular formula is C8H13FO4. The maximum atomic E-state index is 13.3. The molecule has 0 aromatic rings. The fourth-order valence-corrected chi connectivity index (χ4v) is 1.11. The standard InChI is InChI=1S/C8H13FO4/c1-3-11-7(10)6(9)8(2)12-4-5-13-8/h6H,3-5H2,1-2H3. The highest BCUT2D eigenvalue weighted by atomic mass is 19.1. The Morgan fingerprint density at radius 2 is 2.15 bits per heavy atom. The molecule has 0 aliphatic carbocycles. The van der Waals surface area contributed by atoms with Crippen molar-refractivity contribution in [2.45, 2.75) is 25.8 Å². The Morgan fingerprint density at radius 1 is 1.62 bits per heavy atom. The van der Waals surface area contributed by atoms with Crippen molar-refractivity contribution in [1.29, 1.82) is 0 Å². The molecule has 0 bridgehead atoms. The number of esters is 1. The van der Waals surface area contributed by atoms with Gasteiger partial charge in [-0.05, 0) is 13.8 Å². The number of carbonyl (C=O) groups is 1. The van der Waals surface area contributed by atoms with Crippen LogP contribution in [0.25, 0.3) is 0 Å². The minimum absolute atomic E-state index is 0.148. The Bertz CT molecular complexity index is 189. The van der Waals surface area contributed by atoms with Crippen LogP contribution in [0, 0.1) is 0 Å². The summed E-state index contributed by atoms with van der Waals surface area (Å²) in [6.07, 6.45) is -1.88. The molecule has 1 heterocycles. The van der Waals surface area contributed by atoms with E-state index in [1.54, 1.807) is 6.92 Å². The molecule has 4 nitrogen and oxygen atoms in total. The van der Waals surface area contributed by atoms with Crippen molar-refractivity contribution in [3.05, 3.63) is 0 Å². The molecule has 1 aliphatic heterocycles. The van der Waals surface area contributed by atoms with Crippen molar-refractivity contribution in [1.82, 2.24) is 0 Å². The van der Waals surface area contributed by atoms with Crippen LogP contribution in [0.5, 0.6) is 0 Å². The first-order valence-electron chi connectivity index (χ1n) is 4.19. The van der Waals surface area contributed by atoms with Gasteiger partial charge in [0.25, 0.3) is 0 Å². The second-order valence-corrected chi connectivity index (χ2v) is 2.83. The molecule has 0 N–H and O–H groups in total. The molecule has 13 heavy (non-hydrogen) atoms. The third-order valence-electron chi connectivity index (χ3n) is 1.81. The van der Waals surface area contributed by atoms with Crippen LogP contribution < -0.4 is 0 Å². The maximum absolute atomic E-state index is 13.3. The van der Waals surface area contributed by atoms with Gasteiger partial charge < -0.3 is 14.2 Å². The molecule has 0 saturated carbocycles. The summed E-state index contributed by atoms with van der Waals surface area (Å²) in [7, 11) is 0. The summed E-state index contributed by atoms with van der Waals surface area (Å²) in [5, 5.41) is 0. The number of ether oxygens (including phenoxy) is 3. The number of hydrogen-bond acceptors (Lipinski definition) is 4. The molecule has 1 atom stereocenters. The van der Waals surface area contributed by atoms with E-state index in [0.717, 1.165) is 0 Å². The van der Waals surface area contributed by atoms with Gasteiger partial charge >= 0.3 is 5.97 Å². The molecule has 1 saturated heterocycles. The van der Waals surface area contributed by atoms with Gasteiger partial charge in [0.1, 0.15) is 0 Å². The lowest BCUT2D eigenvalue weighted by Crippen LogP contribution is -2.43. The molecule has 0 aromatic carbocycles. The van der Waals surface area contributed by atoms with Crippen molar-refractivity contribution < 1.29 is 23.4 Å². The van der Waals surface area contributed by atoms with Gasteiger partial charge in [-0.25, -0.2) is 9.18 Å². The molecule has 1 fully saturated rings. The minimum Gasteiger partial charge on any atom is -0.464 e. The lowest BCUT2D eigenvalue weighted by atomic mass is 10.2. The molecule has 0 spiro atoms. The fourth-order valence-electron chi connectivity index (χ4n) is 1.11. The van der Waals surface area contributed by atoms with E-state index in [9.17, 15) is 9.18 Å². The molecule has 1 rings (SSSR count). The summed E-state index contributed by atoms with van der Waals surface area (Å²) in [5.74, 6) is -2.40. The van der Waals surface area contributed by atoms with Crippen molar-refractivity contribution >= 4 is 5.97 Å². The number of rotatable bonds is 3. The SMILES string of the molecule is CCOC(=O)C(F)C1(C)OCCO1. The van der Waals surface area contributed by atoms with E-state index >= 15 is 0 Å². The molecular weight excluding hydrogens is 179 g/mol. The monoisotopic (exact) mass is 192 g/mol. The zero-order chi connectivity index (χ0) is 9.90. The molecule has 0 radical (unpaired) electrons. The first-order valence-corrected chi connectivity index (χ1v) is 4.19. The van der Waals surface area contributed by atoms with E-state index in [2.05, 4.69) is 4.74 Å². The summed E-state index contributed by atoms with van der Waals surface area (Å²) in [6.45, 7) is 3.76. The van der Waals surface area contributed by atoms with Crippen LogP contribution in [0.15, 0.2) is 0 Å². The summed E-state index contributed by atoms with van der Waals surface area (Å²) >= 11 is 0. The van der Waals surface area contributed by atoms with Crippen LogP contribution in [0.1, 0.15) is 13.8 Å². The summed E-state index contributed by atoms with van der Waals surface area (Å²) in [4.78, 5) is 11.0. The smallest absolute Gasteiger partial charge is 0.346 e. The molecule has 1 unspecified atom stereocenters. The largest absolute Gasteiger partial charge is 0.464 e. The third kappa shape index (κ3) is 2.16. The van der Waals surface area contributed by atoms with Gasteiger partial charge in [-0.3, -0.25) is 0 Å². The van der Waals surface area contributed by atoms with Crippen LogP contribution in [0.3, 0.4) is 0 Å². The normalized spacial score (nSPS) is 22.7. The number of halogens is 1. The van der Waals surface area contributed by atoms with E-state index < -0.39 is 17.9 Å². The fraction of sp³-hybridized carbons (Fsp3) is 0.875. The van der Waals surface area contributed by atoms with Crippen molar-refractivity contribution in [2.24, 2.45) is 0 Å². The van der Waals surface area contributed by atoms with Crippen molar-refractivity contribution in [3.8, 4) is 0 Å². The quantitative estimate of drug-likeness (QED) is 0.616. The predicted molar refractivity (Wildman–Crippen MR) is 41.8 cm³/mol. The van der Waals surface area contributed by atoms with Gasteiger partial charge in [0, 0.05) is 0 Å². The van der Waals surface area contributed by atoms with Crippen molar-refractivity contribution in [2.75, 3.05) is 19.8 Å². The predicted octanol–water partition coefficient (Wildman–Crippen LogP) is 0.651. The summed E-state index contributed by atoms with van der Waals surface area (Å²) in [5.41, 5.74) is 0. The van der Waals surface area contributed by atoms with Crippen LogP contribution in [0.2, 0.25) is 0 Å². The van der Waals surface area contributed by atoms with E-state index in [1.807, 2.05) is 0 Å². The molecule has 76 valence electrons. The highest BCUT2D eigenvalue weighted by molar-refractivity contribution is 5.75. The third-order valence-corrected chi connectivity index (χ3v) is 1.81. The van der Waals surface area contributed by atoms with Crippen molar-refractivity contribution in [3.63, 3.8) is 0 Å².